The van der Waals surface area contributed by atoms with Crippen LogP contribution in [-0.2, 0) is 9.59 Å². The Morgan fingerprint density at radius 3 is 2.30 bits per heavy atom. The summed E-state index contributed by atoms with van der Waals surface area (Å²) in [7, 11) is 4.55. The second-order valence-electron chi connectivity index (χ2n) is 6.89. The molecule has 3 rings (SSSR count). The van der Waals surface area contributed by atoms with Gasteiger partial charge in [-0.1, -0.05) is 12.8 Å². The Morgan fingerprint density at radius 2 is 1.70 bits per heavy atom. The molecule has 3 N–H and O–H groups in total. The van der Waals surface area contributed by atoms with Gasteiger partial charge in [-0.15, -0.1) is 0 Å². The van der Waals surface area contributed by atoms with Gasteiger partial charge in [0, 0.05) is 29.9 Å². The molecule has 3 atom stereocenters. The maximum Gasteiger partial charge on any atom is 0.237 e. The fraction of sp³-hybridized carbons (Fsp3) is 0.579. The number of fused-ring (bicyclic) bond motifs is 1. The lowest BCUT2D eigenvalue weighted by Crippen LogP contribution is -2.65. The summed E-state index contributed by atoms with van der Waals surface area (Å²) in [4.78, 5) is 24.8. The van der Waals surface area contributed by atoms with Crippen molar-refractivity contribution in [3.8, 4) is 17.2 Å². The van der Waals surface area contributed by atoms with Gasteiger partial charge in [0.15, 0.2) is 11.5 Å². The smallest absolute Gasteiger partial charge is 0.237 e. The molecule has 1 aromatic rings. The van der Waals surface area contributed by atoms with E-state index < -0.39 is 6.04 Å². The van der Waals surface area contributed by atoms with Crippen LogP contribution in [0, 0.1) is 0 Å². The van der Waals surface area contributed by atoms with Crippen LogP contribution in [0.4, 0.5) is 5.69 Å². The minimum absolute atomic E-state index is 0.0612. The van der Waals surface area contributed by atoms with Gasteiger partial charge in [-0.05, 0) is 12.8 Å². The molecule has 3 unspecified atom stereocenters. The van der Waals surface area contributed by atoms with Gasteiger partial charge in [0.25, 0.3) is 0 Å². The van der Waals surface area contributed by atoms with Gasteiger partial charge in [-0.3, -0.25) is 9.59 Å². The SMILES string of the molecule is COc1cc(NC(=O)CC2NC3CCCCC3NC2=O)cc(OC)c1OC. The van der Waals surface area contributed by atoms with Crippen LogP contribution in [0.3, 0.4) is 0 Å². The Balaban J connectivity index is 1.66. The van der Waals surface area contributed by atoms with Crippen molar-refractivity contribution in [2.24, 2.45) is 0 Å². The molecule has 1 aromatic carbocycles. The second kappa shape index (κ2) is 8.47. The number of hydrogen-bond acceptors (Lipinski definition) is 6. The lowest BCUT2D eigenvalue weighted by Gasteiger charge is -2.40. The maximum absolute atomic E-state index is 12.5. The van der Waals surface area contributed by atoms with Gasteiger partial charge in [-0.2, -0.15) is 0 Å². The lowest BCUT2D eigenvalue weighted by molar-refractivity contribution is -0.129. The Kier molecular flexibility index (Phi) is 6.05. The number of hydrogen-bond donors (Lipinski definition) is 3. The fourth-order valence-corrected chi connectivity index (χ4v) is 3.82. The Labute approximate surface area is 158 Å². The summed E-state index contributed by atoms with van der Waals surface area (Å²) in [5.74, 6) is 0.982. The molecule has 0 bridgehead atoms. The summed E-state index contributed by atoms with van der Waals surface area (Å²) in [6.07, 6.45) is 4.36. The minimum Gasteiger partial charge on any atom is -0.493 e. The van der Waals surface area contributed by atoms with E-state index in [-0.39, 0.29) is 30.3 Å². The largest absolute Gasteiger partial charge is 0.493 e. The minimum atomic E-state index is -0.522. The van der Waals surface area contributed by atoms with Gasteiger partial charge in [0.1, 0.15) is 0 Å². The molecule has 1 aliphatic heterocycles. The molecule has 2 fully saturated rings. The molecule has 8 nitrogen and oxygen atoms in total. The summed E-state index contributed by atoms with van der Waals surface area (Å²) in [6.45, 7) is 0. The van der Waals surface area contributed by atoms with Crippen molar-refractivity contribution in [1.29, 1.82) is 0 Å². The molecule has 1 saturated carbocycles. The van der Waals surface area contributed by atoms with Crippen molar-refractivity contribution >= 4 is 17.5 Å². The topological polar surface area (TPSA) is 97.9 Å². The summed E-state index contributed by atoms with van der Waals surface area (Å²) < 4.78 is 15.9. The molecule has 1 saturated heterocycles. The van der Waals surface area contributed by atoms with Gasteiger partial charge in [-0.25, -0.2) is 0 Å². The second-order valence-corrected chi connectivity index (χ2v) is 6.89. The van der Waals surface area contributed by atoms with E-state index in [0.717, 1.165) is 25.7 Å². The first-order valence-electron chi connectivity index (χ1n) is 9.22. The monoisotopic (exact) mass is 377 g/mol. The highest BCUT2D eigenvalue weighted by Crippen LogP contribution is 2.40. The Bertz CT molecular complexity index is 684. The van der Waals surface area contributed by atoms with Gasteiger partial charge in [0.2, 0.25) is 17.6 Å². The number of amides is 2. The molecule has 1 aliphatic carbocycles. The number of ether oxygens (including phenoxy) is 3. The average molecular weight is 377 g/mol. The number of rotatable bonds is 6. The quantitative estimate of drug-likeness (QED) is 0.694. The van der Waals surface area contributed by atoms with E-state index in [2.05, 4.69) is 16.0 Å². The van der Waals surface area contributed by atoms with E-state index in [1.165, 1.54) is 21.3 Å². The van der Waals surface area contributed by atoms with Crippen molar-refractivity contribution in [3.63, 3.8) is 0 Å². The molecule has 27 heavy (non-hydrogen) atoms. The molecule has 0 spiro atoms. The molecule has 0 radical (unpaired) electrons. The van der Waals surface area contributed by atoms with Crippen molar-refractivity contribution in [2.45, 2.75) is 50.2 Å². The molecule has 0 aromatic heterocycles. The van der Waals surface area contributed by atoms with Crippen molar-refractivity contribution in [3.05, 3.63) is 12.1 Å². The number of carbonyl (C=O) groups excluding carboxylic acids is 2. The predicted octanol–water partition coefficient (Wildman–Crippen LogP) is 1.44. The van der Waals surface area contributed by atoms with Crippen LogP contribution in [0.5, 0.6) is 17.2 Å². The van der Waals surface area contributed by atoms with Crippen LogP contribution < -0.4 is 30.2 Å². The fourth-order valence-electron chi connectivity index (χ4n) is 3.82. The zero-order valence-electron chi connectivity index (χ0n) is 16.0. The Morgan fingerprint density at radius 1 is 1.07 bits per heavy atom. The van der Waals surface area contributed by atoms with E-state index in [1.54, 1.807) is 12.1 Å². The van der Waals surface area contributed by atoms with Crippen LogP contribution in [-0.4, -0.2) is 51.3 Å². The van der Waals surface area contributed by atoms with Gasteiger partial charge < -0.3 is 30.2 Å². The van der Waals surface area contributed by atoms with Crippen LogP contribution in [0.2, 0.25) is 0 Å². The first-order chi connectivity index (χ1) is 13.0. The van der Waals surface area contributed by atoms with Crippen LogP contribution >= 0.6 is 0 Å². The normalized spacial score (nSPS) is 24.4. The third-order valence-corrected chi connectivity index (χ3v) is 5.16. The molecule has 2 amide bonds. The highest BCUT2D eigenvalue weighted by molar-refractivity contribution is 5.96. The molecule has 1 heterocycles. The predicted molar refractivity (Wildman–Crippen MR) is 100 cm³/mol. The number of nitrogens with one attached hydrogen (secondary N) is 3. The third-order valence-electron chi connectivity index (χ3n) is 5.16. The molecule has 8 heteroatoms. The van der Waals surface area contributed by atoms with Crippen LogP contribution in [0.15, 0.2) is 12.1 Å². The van der Waals surface area contributed by atoms with Gasteiger partial charge in [0.05, 0.1) is 33.8 Å². The summed E-state index contributed by atoms with van der Waals surface area (Å²) in [6, 6.07) is 3.22. The number of methoxy groups -OCH3 is 3. The molecule has 2 aliphatic rings. The first-order valence-corrected chi connectivity index (χ1v) is 9.22. The standard InChI is InChI=1S/C19H27N3O5/c1-25-15-8-11(9-16(26-2)18(15)27-3)20-17(23)10-14-19(24)22-13-7-5-4-6-12(13)21-14/h8-9,12-14,21H,4-7,10H2,1-3H3,(H,20,23)(H,22,24). The molecular formula is C19H27N3O5. The molecule has 148 valence electrons. The molecular weight excluding hydrogens is 350 g/mol. The zero-order valence-corrected chi connectivity index (χ0v) is 16.0. The van der Waals surface area contributed by atoms with Crippen molar-refractivity contribution < 1.29 is 23.8 Å². The van der Waals surface area contributed by atoms with E-state index in [9.17, 15) is 9.59 Å². The van der Waals surface area contributed by atoms with Crippen LogP contribution in [0.1, 0.15) is 32.1 Å². The third kappa shape index (κ3) is 4.27. The van der Waals surface area contributed by atoms with Gasteiger partial charge >= 0.3 is 0 Å². The van der Waals surface area contributed by atoms with E-state index in [4.69, 9.17) is 14.2 Å². The van der Waals surface area contributed by atoms with Crippen molar-refractivity contribution in [2.75, 3.05) is 26.6 Å². The van der Waals surface area contributed by atoms with E-state index in [1.807, 2.05) is 0 Å². The number of anilines is 1. The number of benzene rings is 1. The summed E-state index contributed by atoms with van der Waals surface area (Å²) in [5, 5.41) is 9.20. The zero-order chi connectivity index (χ0) is 19.4. The summed E-state index contributed by atoms with van der Waals surface area (Å²) >= 11 is 0. The summed E-state index contributed by atoms with van der Waals surface area (Å²) in [5.41, 5.74) is 0.515. The number of piperazine rings is 1. The average Bonchev–Trinajstić information content (AvgIpc) is 2.67. The lowest BCUT2D eigenvalue weighted by atomic mass is 9.87. The maximum atomic E-state index is 12.5. The van der Waals surface area contributed by atoms with E-state index >= 15 is 0 Å². The first kappa shape index (κ1) is 19.3. The number of carbonyl (C=O) groups is 2. The Hall–Kier alpha value is -2.48. The van der Waals surface area contributed by atoms with E-state index in [0.29, 0.717) is 22.9 Å². The highest BCUT2D eigenvalue weighted by Gasteiger charge is 2.37. The highest BCUT2D eigenvalue weighted by atomic mass is 16.5. The van der Waals surface area contributed by atoms with Crippen LogP contribution in [0.25, 0.3) is 0 Å². The van der Waals surface area contributed by atoms with Crippen molar-refractivity contribution in [1.82, 2.24) is 10.6 Å².